The topological polar surface area (TPSA) is 57.3 Å². The van der Waals surface area contributed by atoms with E-state index in [4.69, 9.17) is 0 Å². The van der Waals surface area contributed by atoms with E-state index in [1.165, 1.54) is 11.5 Å². The molecule has 0 aliphatic carbocycles. The lowest BCUT2D eigenvalue weighted by Crippen LogP contribution is -2.39. The summed E-state index contributed by atoms with van der Waals surface area (Å²) in [6.07, 6.45) is 0. The highest BCUT2D eigenvalue weighted by molar-refractivity contribution is 7.99. The molecule has 1 aliphatic rings. The third kappa shape index (κ3) is 4.68. The summed E-state index contributed by atoms with van der Waals surface area (Å²) < 4.78 is 0. The van der Waals surface area contributed by atoms with Gasteiger partial charge in [0.05, 0.1) is 0 Å². The summed E-state index contributed by atoms with van der Waals surface area (Å²) in [6, 6.07) is 5.46. The van der Waals surface area contributed by atoms with Gasteiger partial charge in [0.2, 0.25) is 0 Å². The van der Waals surface area contributed by atoms with Crippen LogP contribution < -0.4 is 10.6 Å². The molecule has 20 heavy (non-hydrogen) atoms. The largest absolute Gasteiger partial charge is 0.370 e. The molecule has 1 aromatic rings. The number of thioether (sulfide) groups is 1. The van der Waals surface area contributed by atoms with E-state index in [1.807, 2.05) is 30.8 Å². The summed E-state index contributed by atoms with van der Waals surface area (Å²) in [7, 11) is 0. The van der Waals surface area contributed by atoms with E-state index in [0.717, 1.165) is 32.0 Å². The second kappa shape index (κ2) is 8.11. The van der Waals surface area contributed by atoms with Crippen molar-refractivity contribution in [3.05, 3.63) is 23.9 Å². The molecule has 6 heteroatoms. The van der Waals surface area contributed by atoms with Gasteiger partial charge in [0.15, 0.2) is 0 Å². The van der Waals surface area contributed by atoms with Crippen molar-refractivity contribution in [2.45, 2.75) is 6.92 Å². The second-order valence-corrected chi connectivity index (χ2v) is 5.87. The highest BCUT2D eigenvalue weighted by atomic mass is 32.2. The SMILES string of the molecule is CCNc1cccc(C(=O)NCCN2CCSCC2)n1. The number of anilines is 1. The Morgan fingerprint density at radius 2 is 2.20 bits per heavy atom. The van der Waals surface area contributed by atoms with Crippen molar-refractivity contribution in [2.24, 2.45) is 0 Å². The zero-order valence-electron chi connectivity index (χ0n) is 11.9. The van der Waals surface area contributed by atoms with Gasteiger partial charge >= 0.3 is 0 Å². The molecule has 5 nitrogen and oxygen atoms in total. The predicted molar refractivity (Wildman–Crippen MR) is 84.5 cm³/mol. The second-order valence-electron chi connectivity index (χ2n) is 4.65. The summed E-state index contributed by atoms with van der Waals surface area (Å²) in [5.41, 5.74) is 0.470. The zero-order chi connectivity index (χ0) is 14.2. The Hall–Kier alpha value is -1.27. The summed E-state index contributed by atoms with van der Waals surface area (Å²) in [6.45, 7) is 6.63. The number of amides is 1. The molecule has 1 amide bonds. The maximum Gasteiger partial charge on any atom is 0.270 e. The highest BCUT2D eigenvalue weighted by Crippen LogP contribution is 2.08. The van der Waals surface area contributed by atoms with E-state index in [9.17, 15) is 4.79 Å². The van der Waals surface area contributed by atoms with Gasteiger partial charge in [0.1, 0.15) is 11.5 Å². The quantitative estimate of drug-likeness (QED) is 0.828. The van der Waals surface area contributed by atoms with E-state index in [2.05, 4.69) is 20.5 Å². The number of carbonyl (C=O) groups excluding carboxylic acids is 1. The molecule has 2 N–H and O–H groups in total. The van der Waals surface area contributed by atoms with E-state index in [0.29, 0.717) is 12.2 Å². The first-order valence-electron chi connectivity index (χ1n) is 7.09. The number of nitrogens with zero attached hydrogens (tertiary/aromatic N) is 2. The summed E-state index contributed by atoms with van der Waals surface area (Å²) in [5.74, 6) is 3.03. The van der Waals surface area contributed by atoms with E-state index in [1.54, 1.807) is 6.07 Å². The van der Waals surface area contributed by atoms with Crippen molar-refractivity contribution in [2.75, 3.05) is 49.5 Å². The highest BCUT2D eigenvalue weighted by Gasteiger charge is 2.11. The van der Waals surface area contributed by atoms with Gasteiger partial charge in [-0.3, -0.25) is 9.69 Å². The van der Waals surface area contributed by atoms with Crippen molar-refractivity contribution < 1.29 is 4.79 Å². The van der Waals surface area contributed by atoms with Gasteiger partial charge in [-0.05, 0) is 19.1 Å². The third-order valence-electron chi connectivity index (χ3n) is 3.16. The molecule has 1 fully saturated rings. The van der Waals surface area contributed by atoms with Crippen LogP contribution in [0.2, 0.25) is 0 Å². The molecule has 1 aliphatic heterocycles. The van der Waals surface area contributed by atoms with Crippen LogP contribution in [-0.4, -0.2) is 60.0 Å². The van der Waals surface area contributed by atoms with Crippen LogP contribution in [0, 0.1) is 0 Å². The van der Waals surface area contributed by atoms with Crippen molar-refractivity contribution in [1.82, 2.24) is 15.2 Å². The average molecular weight is 294 g/mol. The van der Waals surface area contributed by atoms with Gasteiger partial charge in [-0.1, -0.05) is 6.07 Å². The smallest absolute Gasteiger partial charge is 0.270 e. The molecule has 0 unspecified atom stereocenters. The van der Waals surface area contributed by atoms with Crippen molar-refractivity contribution in [1.29, 1.82) is 0 Å². The van der Waals surface area contributed by atoms with Gasteiger partial charge in [0, 0.05) is 44.2 Å². The molecule has 0 atom stereocenters. The molecule has 0 bridgehead atoms. The number of carbonyl (C=O) groups is 1. The molecular weight excluding hydrogens is 272 g/mol. The molecule has 1 aromatic heterocycles. The minimum absolute atomic E-state index is 0.101. The third-order valence-corrected chi connectivity index (χ3v) is 4.10. The number of pyridine rings is 1. The van der Waals surface area contributed by atoms with Crippen LogP contribution in [0.15, 0.2) is 18.2 Å². The molecule has 0 saturated carbocycles. The lowest BCUT2D eigenvalue weighted by molar-refractivity contribution is 0.0944. The Kier molecular flexibility index (Phi) is 6.14. The van der Waals surface area contributed by atoms with E-state index < -0.39 is 0 Å². The summed E-state index contributed by atoms with van der Waals surface area (Å²) in [5, 5.41) is 6.05. The molecule has 0 spiro atoms. The maximum atomic E-state index is 12.0. The minimum atomic E-state index is -0.101. The van der Waals surface area contributed by atoms with Gasteiger partial charge in [-0.2, -0.15) is 11.8 Å². The minimum Gasteiger partial charge on any atom is -0.370 e. The van der Waals surface area contributed by atoms with Gasteiger partial charge in [0.25, 0.3) is 5.91 Å². The van der Waals surface area contributed by atoms with Gasteiger partial charge < -0.3 is 10.6 Å². The molecule has 0 radical (unpaired) electrons. The molecule has 2 rings (SSSR count). The van der Waals surface area contributed by atoms with Crippen LogP contribution in [0.25, 0.3) is 0 Å². The van der Waals surface area contributed by atoms with Crippen LogP contribution in [-0.2, 0) is 0 Å². The molecule has 0 aromatic carbocycles. The first-order valence-corrected chi connectivity index (χ1v) is 8.24. The van der Waals surface area contributed by atoms with Crippen molar-refractivity contribution in [3.63, 3.8) is 0 Å². The maximum absolute atomic E-state index is 12.0. The average Bonchev–Trinajstić information content (AvgIpc) is 2.49. The van der Waals surface area contributed by atoms with E-state index in [-0.39, 0.29) is 5.91 Å². The number of rotatable bonds is 6. The van der Waals surface area contributed by atoms with Crippen molar-refractivity contribution in [3.8, 4) is 0 Å². The van der Waals surface area contributed by atoms with Crippen LogP contribution in [0.3, 0.4) is 0 Å². The van der Waals surface area contributed by atoms with Crippen LogP contribution in [0.1, 0.15) is 17.4 Å². The zero-order valence-corrected chi connectivity index (χ0v) is 12.7. The fourth-order valence-corrected chi connectivity index (χ4v) is 3.06. The Bertz CT molecular complexity index is 435. The Morgan fingerprint density at radius 1 is 1.40 bits per heavy atom. The number of hydrogen-bond acceptors (Lipinski definition) is 5. The van der Waals surface area contributed by atoms with Crippen LogP contribution in [0.4, 0.5) is 5.82 Å². The molecular formula is C14H22N4OS. The van der Waals surface area contributed by atoms with Crippen LogP contribution >= 0.6 is 11.8 Å². The van der Waals surface area contributed by atoms with Gasteiger partial charge in [-0.25, -0.2) is 4.98 Å². The number of hydrogen-bond donors (Lipinski definition) is 2. The number of aromatic nitrogens is 1. The van der Waals surface area contributed by atoms with Crippen LogP contribution in [0.5, 0.6) is 0 Å². The lowest BCUT2D eigenvalue weighted by Gasteiger charge is -2.25. The van der Waals surface area contributed by atoms with E-state index >= 15 is 0 Å². The predicted octanol–water partition coefficient (Wildman–Crippen LogP) is 1.29. The van der Waals surface area contributed by atoms with Crippen molar-refractivity contribution >= 4 is 23.5 Å². The normalized spacial score (nSPS) is 15.8. The molecule has 2 heterocycles. The summed E-state index contributed by atoms with van der Waals surface area (Å²) in [4.78, 5) is 18.7. The first kappa shape index (κ1) is 15.1. The molecule has 110 valence electrons. The fraction of sp³-hybridized carbons (Fsp3) is 0.571. The standard InChI is InChI=1S/C14H22N4OS/c1-2-15-13-5-3-4-12(17-13)14(19)16-6-7-18-8-10-20-11-9-18/h3-5H,2,6-11H2,1H3,(H,15,17)(H,16,19). The Morgan fingerprint density at radius 3 is 2.95 bits per heavy atom. The van der Waals surface area contributed by atoms with Gasteiger partial charge in [-0.15, -0.1) is 0 Å². The molecule has 1 saturated heterocycles. The Balaban J connectivity index is 1.77. The summed E-state index contributed by atoms with van der Waals surface area (Å²) >= 11 is 2.00. The first-order chi connectivity index (χ1) is 9.79. The number of nitrogens with one attached hydrogen (secondary N) is 2. The lowest BCUT2D eigenvalue weighted by atomic mass is 10.3. The monoisotopic (exact) mass is 294 g/mol. The Labute approximate surface area is 124 Å². The fourth-order valence-electron chi connectivity index (χ4n) is 2.08.